The standard InChI is InChI=1S/C26H21N5O6/c1-15-12-21-22(29-30(28-21)16-4-6-17(35-2)7-5-16)14-20(15)27-26(32)25-11-10-24(37-25)19-9-8-18(36-3)13-23(19)31(33)34/h4-14H,1-3H3,(H,27,32). The van der Waals surface area contributed by atoms with Crippen LogP contribution in [0.25, 0.3) is 28.0 Å². The van der Waals surface area contributed by atoms with Crippen LogP contribution in [0.15, 0.2) is 71.1 Å². The minimum Gasteiger partial charge on any atom is -0.497 e. The van der Waals surface area contributed by atoms with Gasteiger partial charge in [-0.15, -0.1) is 10.2 Å². The molecule has 0 saturated carbocycles. The lowest BCUT2D eigenvalue weighted by atomic mass is 10.1. The number of hydrogen-bond donors (Lipinski definition) is 1. The molecule has 0 aliphatic rings. The van der Waals surface area contributed by atoms with Gasteiger partial charge in [-0.25, -0.2) is 0 Å². The van der Waals surface area contributed by atoms with E-state index in [1.165, 1.54) is 36.2 Å². The van der Waals surface area contributed by atoms with Crippen molar-refractivity contribution in [1.82, 2.24) is 15.0 Å². The molecule has 0 bridgehead atoms. The molecule has 2 aromatic heterocycles. The predicted octanol–water partition coefficient (Wildman–Crippen LogP) is 5.17. The van der Waals surface area contributed by atoms with Crippen molar-refractivity contribution in [3.63, 3.8) is 0 Å². The Balaban J connectivity index is 1.40. The topological polar surface area (TPSA) is 135 Å². The van der Waals surface area contributed by atoms with Crippen molar-refractivity contribution in [2.45, 2.75) is 6.92 Å². The first-order valence-electron chi connectivity index (χ1n) is 11.1. The van der Waals surface area contributed by atoms with E-state index >= 15 is 0 Å². The molecule has 2 heterocycles. The summed E-state index contributed by atoms with van der Waals surface area (Å²) in [6.07, 6.45) is 0. The van der Waals surface area contributed by atoms with E-state index in [-0.39, 0.29) is 22.8 Å². The molecule has 0 aliphatic carbocycles. The summed E-state index contributed by atoms with van der Waals surface area (Å²) in [5.41, 5.74) is 3.37. The zero-order valence-corrected chi connectivity index (χ0v) is 20.1. The van der Waals surface area contributed by atoms with Crippen molar-refractivity contribution in [3.8, 4) is 28.5 Å². The average Bonchev–Trinajstić information content (AvgIpc) is 3.56. The lowest BCUT2D eigenvalue weighted by Gasteiger charge is -2.07. The summed E-state index contributed by atoms with van der Waals surface area (Å²) >= 11 is 0. The molecule has 11 nitrogen and oxygen atoms in total. The lowest BCUT2D eigenvalue weighted by molar-refractivity contribution is -0.384. The van der Waals surface area contributed by atoms with Crippen molar-refractivity contribution in [2.75, 3.05) is 19.5 Å². The van der Waals surface area contributed by atoms with Crippen molar-refractivity contribution in [2.24, 2.45) is 0 Å². The van der Waals surface area contributed by atoms with Crippen LogP contribution in [-0.4, -0.2) is 40.0 Å². The average molecular weight is 499 g/mol. The van der Waals surface area contributed by atoms with E-state index < -0.39 is 10.8 Å². The van der Waals surface area contributed by atoms with Crippen LogP contribution in [0, 0.1) is 17.0 Å². The van der Waals surface area contributed by atoms with E-state index in [0.717, 1.165) is 17.0 Å². The van der Waals surface area contributed by atoms with Crippen LogP contribution >= 0.6 is 0 Å². The Morgan fingerprint density at radius 2 is 1.62 bits per heavy atom. The maximum Gasteiger partial charge on any atom is 0.291 e. The number of nitro groups is 1. The number of hydrogen-bond acceptors (Lipinski definition) is 8. The highest BCUT2D eigenvalue weighted by Crippen LogP contribution is 2.34. The monoisotopic (exact) mass is 499 g/mol. The molecule has 0 unspecified atom stereocenters. The van der Waals surface area contributed by atoms with Gasteiger partial charge in [0.25, 0.3) is 11.6 Å². The molecule has 0 atom stereocenters. The quantitative estimate of drug-likeness (QED) is 0.239. The Morgan fingerprint density at radius 1 is 0.946 bits per heavy atom. The Bertz CT molecular complexity index is 1640. The Hall–Kier alpha value is -5.19. The summed E-state index contributed by atoms with van der Waals surface area (Å²) in [7, 11) is 3.02. The zero-order chi connectivity index (χ0) is 26.1. The highest BCUT2D eigenvalue weighted by Gasteiger charge is 2.21. The molecular weight excluding hydrogens is 478 g/mol. The second-order valence-electron chi connectivity index (χ2n) is 8.10. The maximum absolute atomic E-state index is 12.9. The molecule has 0 saturated heterocycles. The van der Waals surface area contributed by atoms with Gasteiger partial charge < -0.3 is 19.2 Å². The van der Waals surface area contributed by atoms with Gasteiger partial charge >= 0.3 is 0 Å². The maximum atomic E-state index is 12.9. The molecule has 37 heavy (non-hydrogen) atoms. The minimum absolute atomic E-state index is 0.00139. The van der Waals surface area contributed by atoms with Gasteiger partial charge in [0.15, 0.2) is 5.76 Å². The van der Waals surface area contributed by atoms with Crippen LogP contribution < -0.4 is 14.8 Å². The van der Waals surface area contributed by atoms with Gasteiger partial charge in [-0.2, -0.15) is 4.80 Å². The third-order valence-electron chi connectivity index (χ3n) is 5.77. The minimum atomic E-state index is -0.530. The fourth-order valence-corrected chi connectivity index (χ4v) is 3.82. The summed E-state index contributed by atoms with van der Waals surface area (Å²) in [5, 5.41) is 23.4. The van der Waals surface area contributed by atoms with Crippen molar-refractivity contribution < 1.29 is 23.6 Å². The first-order chi connectivity index (χ1) is 17.9. The molecule has 1 N–H and O–H groups in total. The molecule has 186 valence electrons. The van der Waals surface area contributed by atoms with Gasteiger partial charge in [-0.1, -0.05) is 0 Å². The number of nitrogens with zero attached hydrogens (tertiary/aromatic N) is 4. The van der Waals surface area contributed by atoms with E-state index in [1.807, 2.05) is 37.3 Å². The highest BCUT2D eigenvalue weighted by molar-refractivity contribution is 6.04. The molecule has 0 spiro atoms. The SMILES string of the molecule is COc1ccc(-n2nc3cc(C)c(NC(=O)c4ccc(-c5ccc(OC)cc5[N+](=O)[O-])o4)cc3n2)cc1. The van der Waals surface area contributed by atoms with Gasteiger partial charge in [-0.3, -0.25) is 14.9 Å². The summed E-state index contributed by atoms with van der Waals surface area (Å²) < 4.78 is 15.9. The van der Waals surface area contributed by atoms with Crippen molar-refractivity contribution >= 4 is 28.3 Å². The van der Waals surface area contributed by atoms with Crippen molar-refractivity contribution in [1.29, 1.82) is 0 Å². The number of carbonyl (C=O) groups is 1. The number of aryl methyl sites for hydroxylation is 1. The molecular formula is C26H21N5O6. The molecule has 11 heteroatoms. The molecule has 5 rings (SSSR count). The van der Waals surface area contributed by atoms with Crippen LogP contribution in [-0.2, 0) is 0 Å². The zero-order valence-electron chi connectivity index (χ0n) is 20.1. The number of furan rings is 1. The van der Waals surface area contributed by atoms with Gasteiger partial charge in [0.05, 0.1) is 36.5 Å². The van der Waals surface area contributed by atoms with E-state index in [9.17, 15) is 14.9 Å². The van der Waals surface area contributed by atoms with Crippen LogP contribution in [0.1, 0.15) is 16.1 Å². The van der Waals surface area contributed by atoms with Crippen LogP contribution in [0.3, 0.4) is 0 Å². The molecule has 5 aromatic rings. The Morgan fingerprint density at radius 3 is 2.30 bits per heavy atom. The third-order valence-corrected chi connectivity index (χ3v) is 5.77. The number of nitrogens with one attached hydrogen (secondary N) is 1. The summed E-state index contributed by atoms with van der Waals surface area (Å²) in [4.78, 5) is 25.4. The molecule has 1 amide bonds. The second kappa shape index (κ2) is 9.46. The highest BCUT2D eigenvalue weighted by atomic mass is 16.6. The van der Waals surface area contributed by atoms with Gasteiger partial charge in [-0.05, 0) is 73.2 Å². The number of nitro benzene ring substituents is 1. The molecule has 0 aliphatic heterocycles. The van der Waals surface area contributed by atoms with Crippen molar-refractivity contribution in [3.05, 3.63) is 88.2 Å². The summed E-state index contributed by atoms with van der Waals surface area (Å²) in [6, 6.07) is 18.3. The Kier molecular flexibility index (Phi) is 6.02. The van der Waals surface area contributed by atoms with Gasteiger partial charge in [0, 0.05) is 5.69 Å². The first kappa shape index (κ1) is 23.5. The number of rotatable bonds is 7. The normalized spacial score (nSPS) is 10.9. The number of carbonyl (C=O) groups excluding carboxylic acids is 1. The fourth-order valence-electron chi connectivity index (χ4n) is 3.82. The predicted molar refractivity (Wildman–Crippen MR) is 135 cm³/mol. The molecule has 0 fully saturated rings. The number of amides is 1. The van der Waals surface area contributed by atoms with E-state index in [4.69, 9.17) is 13.9 Å². The number of aromatic nitrogens is 3. The summed E-state index contributed by atoms with van der Waals surface area (Å²) in [5.74, 6) is 0.752. The number of fused-ring (bicyclic) bond motifs is 1. The number of benzene rings is 3. The van der Waals surface area contributed by atoms with Gasteiger partial charge in [0.1, 0.15) is 28.3 Å². The number of anilines is 1. The van der Waals surface area contributed by atoms with Gasteiger partial charge in [0.2, 0.25) is 0 Å². The van der Waals surface area contributed by atoms with E-state index in [0.29, 0.717) is 22.5 Å². The Labute approximate surface area is 210 Å². The smallest absolute Gasteiger partial charge is 0.291 e. The van der Waals surface area contributed by atoms with E-state index in [2.05, 4.69) is 15.5 Å². The molecule has 3 aromatic carbocycles. The largest absolute Gasteiger partial charge is 0.497 e. The fraction of sp³-hybridized carbons (Fsp3) is 0.115. The number of ether oxygens (including phenoxy) is 2. The lowest BCUT2D eigenvalue weighted by Crippen LogP contribution is -2.11. The number of methoxy groups -OCH3 is 2. The van der Waals surface area contributed by atoms with E-state index in [1.54, 1.807) is 19.2 Å². The van der Waals surface area contributed by atoms with Crippen LogP contribution in [0.5, 0.6) is 11.5 Å². The molecule has 0 radical (unpaired) electrons. The second-order valence-corrected chi connectivity index (χ2v) is 8.10. The first-order valence-corrected chi connectivity index (χ1v) is 11.1. The van der Waals surface area contributed by atoms with Crippen LogP contribution in [0.4, 0.5) is 11.4 Å². The summed E-state index contributed by atoms with van der Waals surface area (Å²) in [6.45, 7) is 1.84. The third kappa shape index (κ3) is 4.57. The van der Waals surface area contributed by atoms with Crippen LogP contribution in [0.2, 0.25) is 0 Å².